The molecular weight excluding hydrogens is 230 g/mol. The Morgan fingerprint density at radius 2 is 2.12 bits per heavy atom. The van der Waals surface area contributed by atoms with Crippen LogP contribution in [0.1, 0.15) is 26.4 Å². The van der Waals surface area contributed by atoms with Crippen molar-refractivity contribution in [3.05, 3.63) is 57.3 Å². The Morgan fingerprint density at radius 3 is 2.82 bits per heavy atom. The van der Waals surface area contributed by atoms with Crippen LogP contribution < -0.4 is 5.32 Å². The second-order valence-electron chi connectivity index (χ2n) is 4.08. The average molecular weight is 245 g/mol. The Bertz CT molecular complexity index is 517. The molecule has 2 nitrogen and oxygen atoms in total. The van der Waals surface area contributed by atoms with E-state index in [1.54, 1.807) is 11.3 Å². The van der Waals surface area contributed by atoms with Gasteiger partial charge >= 0.3 is 0 Å². The summed E-state index contributed by atoms with van der Waals surface area (Å²) in [5.74, 6) is -0.000370. The fourth-order valence-electron chi connectivity index (χ4n) is 1.66. The minimum atomic E-state index is -0.000370. The highest BCUT2D eigenvalue weighted by atomic mass is 32.1. The Morgan fingerprint density at radius 1 is 1.29 bits per heavy atom. The highest BCUT2D eigenvalue weighted by Crippen LogP contribution is 2.12. The van der Waals surface area contributed by atoms with Gasteiger partial charge in [0.1, 0.15) is 0 Å². The van der Waals surface area contributed by atoms with Crippen molar-refractivity contribution in [2.75, 3.05) is 0 Å². The third kappa shape index (κ3) is 2.94. The van der Waals surface area contributed by atoms with E-state index in [1.807, 2.05) is 49.6 Å². The zero-order chi connectivity index (χ0) is 12.3. The molecule has 2 rings (SSSR count). The van der Waals surface area contributed by atoms with E-state index < -0.39 is 0 Å². The molecule has 1 aromatic carbocycles. The van der Waals surface area contributed by atoms with Crippen molar-refractivity contribution < 1.29 is 4.79 Å². The molecule has 1 N–H and O–H groups in total. The first kappa shape index (κ1) is 11.9. The molecule has 0 aliphatic rings. The highest BCUT2D eigenvalue weighted by molar-refractivity contribution is 7.09. The van der Waals surface area contributed by atoms with Gasteiger partial charge in [0.05, 0.1) is 6.54 Å². The maximum atomic E-state index is 12.0. The summed E-state index contributed by atoms with van der Waals surface area (Å²) in [7, 11) is 0. The van der Waals surface area contributed by atoms with Gasteiger partial charge in [0.25, 0.3) is 5.91 Å². The number of hydrogen-bond acceptors (Lipinski definition) is 2. The molecule has 0 bridgehead atoms. The maximum Gasteiger partial charge on any atom is 0.251 e. The fourth-order valence-corrected chi connectivity index (χ4v) is 2.30. The van der Waals surface area contributed by atoms with Gasteiger partial charge in [-0.05, 0) is 36.9 Å². The van der Waals surface area contributed by atoms with E-state index in [0.717, 1.165) is 16.7 Å². The molecule has 0 saturated heterocycles. The first-order chi connectivity index (χ1) is 8.16. The fraction of sp³-hybridized carbons (Fsp3) is 0.214. The Balaban J connectivity index is 2.07. The molecule has 0 fully saturated rings. The molecule has 88 valence electrons. The van der Waals surface area contributed by atoms with Gasteiger partial charge < -0.3 is 5.32 Å². The van der Waals surface area contributed by atoms with Crippen LogP contribution in [0, 0.1) is 13.8 Å². The lowest BCUT2D eigenvalue weighted by molar-refractivity contribution is 0.0950. The van der Waals surface area contributed by atoms with E-state index in [2.05, 4.69) is 5.32 Å². The largest absolute Gasteiger partial charge is 0.347 e. The lowest BCUT2D eigenvalue weighted by atomic mass is 10.1. The lowest BCUT2D eigenvalue weighted by Crippen LogP contribution is -2.23. The SMILES string of the molecule is Cc1ccc(C)c(C(=O)NCc2cccs2)c1. The van der Waals surface area contributed by atoms with Crippen LogP contribution >= 0.6 is 11.3 Å². The van der Waals surface area contributed by atoms with Crippen LogP contribution in [-0.2, 0) is 6.54 Å². The van der Waals surface area contributed by atoms with Crippen molar-refractivity contribution in [1.29, 1.82) is 0 Å². The molecule has 0 radical (unpaired) electrons. The van der Waals surface area contributed by atoms with Crippen molar-refractivity contribution in [2.24, 2.45) is 0 Å². The van der Waals surface area contributed by atoms with Crippen LogP contribution in [0.3, 0.4) is 0 Å². The van der Waals surface area contributed by atoms with Crippen molar-refractivity contribution in [3.63, 3.8) is 0 Å². The van der Waals surface area contributed by atoms with Gasteiger partial charge in [0, 0.05) is 10.4 Å². The molecule has 0 saturated carbocycles. The first-order valence-corrected chi connectivity index (χ1v) is 6.42. The number of carbonyl (C=O) groups is 1. The first-order valence-electron chi connectivity index (χ1n) is 5.54. The van der Waals surface area contributed by atoms with E-state index in [1.165, 1.54) is 4.88 Å². The summed E-state index contributed by atoms with van der Waals surface area (Å²) < 4.78 is 0. The van der Waals surface area contributed by atoms with E-state index >= 15 is 0 Å². The van der Waals surface area contributed by atoms with Gasteiger partial charge in [-0.25, -0.2) is 0 Å². The van der Waals surface area contributed by atoms with E-state index in [4.69, 9.17) is 0 Å². The molecule has 1 heterocycles. The van der Waals surface area contributed by atoms with Crippen molar-refractivity contribution in [1.82, 2.24) is 5.32 Å². The predicted molar refractivity (Wildman–Crippen MR) is 71.4 cm³/mol. The zero-order valence-corrected chi connectivity index (χ0v) is 10.8. The number of rotatable bonds is 3. The summed E-state index contributed by atoms with van der Waals surface area (Å²) in [5, 5.41) is 4.95. The summed E-state index contributed by atoms with van der Waals surface area (Å²) in [4.78, 5) is 13.2. The highest BCUT2D eigenvalue weighted by Gasteiger charge is 2.08. The van der Waals surface area contributed by atoms with Crippen LogP contribution in [0.5, 0.6) is 0 Å². The maximum absolute atomic E-state index is 12.0. The predicted octanol–water partition coefficient (Wildman–Crippen LogP) is 3.29. The van der Waals surface area contributed by atoms with Crippen molar-refractivity contribution in [2.45, 2.75) is 20.4 Å². The molecule has 1 amide bonds. The molecule has 0 aliphatic carbocycles. The van der Waals surface area contributed by atoms with Crippen LogP contribution in [0.2, 0.25) is 0 Å². The summed E-state index contributed by atoms with van der Waals surface area (Å²) >= 11 is 1.65. The van der Waals surface area contributed by atoms with Gasteiger partial charge in [-0.15, -0.1) is 11.3 Å². The van der Waals surface area contributed by atoms with Gasteiger partial charge in [-0.2, -0.15) is 0 Å². The number of carbonyl (C=O) groups excluding carboxylic acids is 1. The number of benzene rings is 1. The smallest absolute Gasteiger partial charge is 0.251 e. The third-order valence-electron chi connectivity index (χ3n) is 2.64. The normalized spacial score (nSPS) is 10.2. The summed E-state index contributed by atoms with van der Waals surface area (Å²) in [6.45, 7) is 4.55. The summed E-state index contributed by atoms with van der Waals surface area (Å²) in [6.07, 6.45) is 0. The Labute approximate surface area is 105 Å². The monoisotopic (exact) mass is 245 g/mol. The molecule has 0 atom stereocenters. The van der Waals surface area contributed by atoms with Crippen LogP contribution in [0.25, 0.3) is 0 Å². The van der Waals surface area contributed by atoms with Gasteiger partial charge in [0.2, 0.25) is 0 Å². The number of amides is 1. The minimum absolute atomic E-state index is 0.000370. The van der Waals surface area contributed by atoms with Gasteiger partial charge in [-0.1, -0.05) is 23.8 Å². The molecule has 2 aromatic rings. The summed E-state index contributed by atoms with van der Waals surface area (Å²) in [5.41, 5.74) is 2.89. The van der Waals surface area contributed by atoms with Crippen LogP contribution in [-0.4, -0.2) is 5.91 Å². The number of hydrogen-bond donors (Lipinski definition) is 1. The molecule has 0 unspecified atom stereocenters. The standard InChI is InChI=1S/C14H15NOS/c1-10-5-6-11(2)13(8-10)14(16)15-9-12-4-3-7-17-12/h3-8H,9H2,1-2H3,(H,15,16). The Kier molecular flexibility index (Phi) is 3.59. The molecule has 17 heavy (non-hydrogen) atoms. The minimum Gasteiger partial charge on any atom is -0.347 e. The lowest BCUT2D eigenvalue weighted by Gasteiger charge is -2.07. The molecule has 1 aromatic heterocycles. The second kappa shape index (κ2) is 5.15. The number of nitrogens with one attached hydrogen (secondary N) is 1. The van der Waals surface area contributed by atoms with Gasteiger partial charge in [-0.3, -0.25) is 4.79 Å². The van der Waals surface area contributed by atoms with E-state index in [9.17, 15) is 4.79 Å². The Hall–Kier alpha value is -1.61. The molecule has 0 aliphatic heterocycles. The van der Waals surface area contributed by atoms with E-state index in [0.29, 0.717) is 6.54 Å². The summed E-state index contributed by atoms with van der Waals surface area (Å²) in [6, 6.07) is 9.94. The quantitative estimate of drug-likeness (QED) is 0.883. The van der Waals surface area contributed by atoms with Crippen LogP contribution in [0.15, 0.2) is 35.7 Å². The number of aryl methyl sites for hydroxylation is 2. The molecule has 0 spiro atoms. The van der Waals surface area contributed by atoms with Crippen molar-refractivity contribution in [3.8, 4) is 0 Å². The zero-order valence-electron chi connectivity index (χ0n) is 9.99. The van der Waals surface area contributed by atoms with Gasteiger partial charge in [0.15, 0.2) is 0 Å². The topological polar surface area (TPSA) is 29.1 Å². The van der Waals surface area contributed by atoms with Crippen molar-refractivity contribution >= 4 is 17.2 Å². The van der Waals surface area contributed by atoms with Crippen LogP contribution in [0.4, 0.5) is 0 Å². The number of thiophene rings is 1. The second-order valence-corrected chi connectivity index (χ2v) is 5.11. The van der Waals surface area contributed by atoms with E-state index in [-0.39, 0.29) is 5.91 Å². The average Bonchev–Trinajstić information content (AvgIpc) is 2.82. The molecular formula is C14H15NOS. The molecule has 3 heteroatoms. The third-order valence-corrected chi connectivity index (χ3v) is 3.52.